The molecule has 0 saturated heterocycles. The quantitative estimate of drug-likeness (QED) is 0.186. The second-order valence-electron chi connectivity index (χ2n) is 6.40. The monoisotopic (exact) mass is 524 g/mol. The molecule has 0 aromatic carbocycles. The van der Waals surface area contributed by atoms with Crippen LogP contribution in [0.5, 0.6) is 0 Å². The summed E-state index contributed by atoms with van der Waals surface area (Å²) in [6, 6.07) is -1.35. The van der Waals surface area contributed by atoms with Gasteiger partial charge in [0.15, 0.2) is 0 Å². The summed E-state index contributed by atoms with van der Waals surface area (Å²) in [6.07, 6.45) is -0.558. The van der Waals surface area contributed by atoms with Crippen molar-refractivity contribution < 1.29 is 51.1 Å². The van der Waals surface area contributed by atoms with E-state index in [1.54, 1.807) is 0 Å². The van der Waals surface area contributed by atoms with Crippen LogP contribution in [-0.2, 0) is 31.3 Å². The highest BCUT2D eigenvalue weighted by Crippen LogP contribution is 2.71. The molecular formula is C12H21N3O14P3+. The van der Waals surface area contributed by atoms with E-state index in [0.29, 0.717) is 0 Å². The van der Waals surface area contributed by atoms with Gasteiger partial charge in [-0.25, -0.2) is 13.9 Å². The molecule has 1 heterocycles. The third-order valence-corrected chi connectivity index (χ3v) is 9.10. The van der Waals surface area contributed by atoms with Gasteiger partial charge in [0.2, 0.25) is 0 Å². The van der Waals surface area contributed by atoms with Gasteiger partial charge in [-0.05, 0) is 10.7 Å². The van der Waals surface area contributed by atoms with Gasteiger partial charge < -0.3 is 5.11 Å². The molecule has 20 heteroatoms. The van der Waals surface area contributed by atoms with Crippen molar-refractivity contribution in [2.75, 3.05) is 20.8 Å². The summed E-state index contributed by atoms with van der Waals surface area (Å²) in [5.74, 6) is -1.02. The van der Waals surface area contributed by atoms with Gasteiger partial charge in [-0.1, -0.05) is 5.18 Å². The van der Waals surface area contributed by atoms with E-state index in [0.717, 1.165) is 31.0 Å². The van der Waals surface area contributed by atoms with Crippen LogP contribution < -0.4 is 11.2 Å². The number of nitrogens with zero attached hydrogens (tertiary/aromatic N) is 2. The van der Waals surface area contributed by atoms with Crippen LogP contribution in [0.3, 0.4) is 0 Å². The highest BCUT2D eigenvalue weighted by molar-refractivity contribution is 7.69. The SMILES string of the molecule is COP(=O)(OC)OP(=O)(O)O[P+](O)(O)OCC1CC(n2ccc(=O)[nH]c2=O)C(N=O)C1O. The molecule has 0 bridgehead atoms. The Hall–Kier alpha value is -1.19. The van der Waals surface area contributed by atoms with Gasteiger partial charge in [0.1, 0.15) is 12.6 Å². The molecule has 1 fully saturated rings. The van der Waals surface area contributed by atoms with Crippen LogP contribution in [0, 0.1) is 10.8 Å². The number of H-pyrrole nitrogens is 1. The lowest BCUT2D eigenvalue weighted by atomic mass is 10.1. The van der Waals surface area contributed by atoms with Gasteiger partial charge >= 0.3 is 29.5 Å². The average Bonchev–Trinajstić information content (AvgIpc) is 3.00. The lowest BCUT2D eigenvalue weighted by Crippen LogP contribution is -2.36. The largest absolute Gasteiger partial charge is 0.580 e. The number of aliphatic hydroxyl groups excluding tert-OH is 1. The Kier molecular flexibility index (Phi) is 8.78. The van der Waals surface area contributed by atoms with Gasteiger partial charge in [0, 0.05) is 32.4 Å². The maximum atomic E-state index is 12.0. The predicted octanol–water partition coefficient (Wildman–Crippen LogP) is -0.193. The van der Waals surface area contributed by atoms with E-state index in [4.69, 9.17) is 4.52 Å². The number of nitrogens with one attached hydrogen (secondary N) is 1. The van der Waals surface area contributed by atoms with Gasteiger partial charge in [-0.2, -0.15) is 23.5 Å². The molecule has 5 atom stereocenters. The lowest BCUT2D eigenvalue weighted by Gasteiger charge is -2.18. The molecule has 2 rings (SSSR count). The van der Waals surface area contributed by atoms with Crippen molar-refractivity contribution in [2.45, 2.75) is 24.6 Å². The maximum absolute atomic E-state index is 12.0. The molecule has 17 nitrogen and oxygen atoms in total. The number of hydrogen-bond acceptors (Lipinski definition) is 14. The zero-order valence-electron chi connectivity index (χ0n) is 16.5. The molecule has 1 saturated carbocycles. The number of aliphatic hydroxyl groups is 1. The van der Waals surface area contributed by atoms with Gasteiger partial charge in [0.25, 0.3) is 5.56 Å². The Balaban J connectivity index is 2.09. The Morgan fingerprint density at radius 3 is 2.44 bits per heavy atom. The van der Waals surface area contributed by atoms with Gasteiger partial charge in [0.05, 0.1) is 12.1 Å². The Morgan fingerprint density at radius 2 is 1.91 bits per heavy atom. The lowest BCUT2D eigenvalue weighted by molar-refractivity contribution is 0.0659. The fourth-order valence-corrected chi connectivity index (χ4v) is 6.73. The second kappa shape index (κ2) is 10.4. The van der Waals surface area contributed by atoms with Crippen molar-refractivity contribution in [3.8, 4) is 0 Å². The van der Waals surface area contributed by atoms with Crippen molar-refractivity contribution in [3.63, 3.8) is 0 Å². The minimum absolute atomic E-state index is 0.140. The molecule has 0 spiro atoms. The molecule has 0 amide bonds. The normalized spacial score (nSPS) is 26.1. The summed E-state index contributed by atoms with van der Waals surface area (Å²) < 4.78 is 46.1. The number of hydrogen-bond donors (Lipinski definition) is 5. The van der Waals surface area contributed by atoms with Gasteiger partial charge in [-0.15, -0.1) is 0 Å². The number of phosphoric ester groups is 1. The van der Waals surface area contributed by atoms with Crippen molar-refractivity contribution in [1.82, 2.24) is 9.55 Å². The Bertz CT molecular complexity index is 1020. The molecule has 1 aromatic heterocycles. The third kappa shape index (κ3) is 6.67. The van der Waals surface area contributed by atoms with Crippen LogP contribution >= 0.6 is 23.8 Å². The maximum Gasteiger partial charge on any atom is 0.580 e. The smallest absolute Gasteiger partial charge is 0.390 e. The number of nitroso groups, excluding NO2 is 1. The summed E-state index contributed by atoms with van der Waals surface area (Å²) >= 11 is 0. The second-order valence-corrected chi connectivity index (χ2v) is 11.5. The molecule has 5 N–H and O–H groups in total. The fraction of sp³-hybridized carbons (Fsp3) is 0.667. The minimum atomic E-state index is -5.43. The fourth-order valence-electron chi connectivity index (χ4n) is 2.99. The topological polar surface area (TPSA) is 245 Å². The predicted molar refractivity (Wildman–Crippen MR) is 105 cm³/mol. The molecule has 5 unspecified atom stereocenters. The molecule has 1 aliphatic carbocycles. The minimum Gasteiger partial charge on any atom is -0.390 e. The van der Waals surface area contributed by atoms with E-state index in [1.807, 2.05) is 4.98 Å². The van der Waals surface area contributed by atoms with Crippen molar-refractivity contribution >= 4 is 23.8 Å². The summed E-state index contributed by atoms with van der Waals surface area (Å²) in [6.45, 7) is -0.727. The van der Waals surface area contributed by atoms with Crippen LogP contribution in [0.2, 0.25) is 0 Å². The van der Waals surface area contributed by atoms with Crippen molar-refractivity contribution in [2.24, 2.45) is 11.1 Å². The highest BCUT2D eigenvalue weighted by Gasteiger charge is 2.54. The summed E-state index contributed by atoms with van der Waals surface area (Å²) in [5, 5.41) is 13.1. The zero-order valence-corrected chi connectivity index (χ0v) is 19.2. The first-order valence-electron chi connectivity index (χ1n) is 8.54. The van der Waals surface area contributed by atoms with E-state index in [1.165, 1.54) is 0 Å². The van der Waals surface area contributed by atoms with Crippen molar-refractivity contribution in [1.29, 1.82) is 0 Å². The first-order valence-corrected chi connectivity index (χ1v) is 13.0. The van der Waals surface area contributed by atoms with Gasteiger partial charge in [-0.3, -0.25) is 28.3 Å². The summed E-state index contributed by atoms with van der Waals surface area (Å²) in [4.78, 5) is 65.5. The van der Waals surface area contributed by atoms with Crippen molar-refractivity contribution in [3.05, 3.63) is 38.0 Å². The zero-order chi connectivity index (χ0) is 24.3. The number of aromatic amines is 1. The first kappa shape index (κ1) is 27.1. The number of rotatable bonds is 11. The van der Waals surface area contributed by atoms with E-state index in [-0.39, 0.29) is 6.42 Å². The van der Waals surface area contributed by atoms with Crippen LogP contribution in [0.25, 0.3) is 0 Å². The average molecular weight is 524 g/mol. The molecule has 1 aliphatic rings. The summed E-state index contributed by atoms with van der Waals surface area (Å²) in [7, 11) is -13.4. The molecule has 1 aromatic rings. The first-order chi connectivity index (χ1) is 14.8. The number of phosphoric acid groups is 2. The van der Waals surface area contributed by atoms with Crippen LogP contribution in [-0.4, -0.2) is 62.3 Å². The molecule has 32 heavy (non-hydrogen) atoms. The van der Waals surface area contributed by atoms with E-state index in [2.05, 4.69) is 22.8 Å². The van der Waals surface area contributed by atoms with E-state index < -0.39 is 65.8 Å². The van der Waals surface area contributed by atoms with Crippen LogP contribution in [0.4, 0.5) is 0 Å². The van der Waals surface area contributed by atoms with E-state index in [9.17, 15) is 43.4 Å². The number of aromatic nitrogens is 2. The molecule has 0 radical (unpaired) electrons. The standard InChI is InChI=1S/C12H20N3O14P3/c1-25-32(24,26-2)29-31(22,23)28-30(20,21)27-6-7-5-8(10(14-19)11(7)17)15-4-3-9(16)13-12(15)18/h3-4,7-8,10-11,17,20-21H,5-6H2,1-2H3,(H-,13,16,18,22,23)/p+1. The molecule has 0 aliphatic heterocycles. The van der Waals surface area contributed by atoms with Crippen LogP contribution in [0.15, 0.2) is 27.0 Å². The highest BCUT2D eigenvalue weighted by atomic mass is 31.3. The molecular weight excluding hydrogens is 503 g/mol. The Labute approximate surface area is 179 Å². The third-order valence-electron chi connectivity index (χ3n) is 4.42. The summed E-state index contributed by atoms with van der Waals surface area (Å²) in [5.41, 5.74) is -1.55. The molecule has 182 valence electrons. The van der Waals surface area contributed by atoms with E-state index >= 15 is 0 Å². The Morgan fingerprint density at radius 1 is 1.28 bits per heavy atom. The van der Waals surface area contributed by atoms with Crippen LogP contribution in [0.1, 0.15) is 12.5 Å².